The molecule has 1 aromatic carbocycles. The molecule has 0 amide bonds. The molecule has 0 spiro atoms. The van der Waals surface area contributed by atoms with Crippen molar-refractivity contribution in [3.05, 3.63) is 23.3 Å². The molecule has 12 nitrogen and oxygen atoms in total. The van der Waals surface area contributed by atoms with Gasteiger partial charge in [-0.25, -0.2) is 15.1 Å². The molecule has 248 valence electrons. The highest BCUT2D eigenvalue weighted by molar-refractivity contribution is 5.99. The molecule has 0 saturated carbocycles. The number of halogens is 3. The molecule has 4 rings (SSSR count). The summed E-state index contributed by atoms with van der Waals surface area (Å²) in [6.45, 7) is 13.5. The van der Waals surface area contributed by atoms with E-state index in [1.165, 1.54) is 0 Å². The van der Waals surface area contributed by atoms with Crippen LogP contribution in [0.1, 0.15) is 57.5 Å². The van der Waals surface area contributed by atoms with E-state index in [0.717, 1.165) is 5.56 Å². The quantitative estimate of drug-likeness (QED) is 0.276. The van der Waals surface area contributed by atoms with Crippen molar-refractivity contribution in [1.29, 1.82) is 0 Å². The Labute approximate surface area is 256 Å². The minimum absolute atomic E-state index is 0.216. The lowest BCUT2D eigenvalue weighted by molar-refractivity contribution is -1.13. The summed E-state index contributed by atoms with van der Waals surface area (Å²) in [6, 6.07) is 3.41. The fourth-order valence-electron chi connectivity index (χ4n) is 6.21. The number of alkyl halides is 3. The first-order valence-electron chi connectivity index (χ1n) is 15.0. The van der Waals surface area contributed by atoms with Gasteiger partial charge in [-0.05, 0) is 36.3 Å². The van der Waals surface area contributed by atoms with E-state index in [-0.39, 0.29) is 11.5 Å². The average Bonchev–Trinajstić information content (AvgIpc) is 3.26. The van der Waals surface area contributed by atoms with Gasteiger partial charge in [-0.2, -0.15) is 13.2 Å². The average molecular weight is 632 g/mol. The number of anilines is 1. The first kappa shape index (κ1) is 34.3. The molecule has 0 aromatic heterocycles. The van der Waals surface area contributed by atoms with Crippen molar-refractivity contribution in [2.75, 3.05) is 58.5 Å². The second kappa shape index (κ2) is 13.1. The van der Waals surface area contributed by atoms with Crippen LogP contribution in [-0.4, -0.2) is 100.0 Å². The van der Waals surface area contributed by atoms with Gasteiger partial charge in [0.1, 0.15) is 12.0 Å². The van der Waals surface area contributed by atoms with E-state index in [1.54, 1.807) is 31.3 Å². The Hall–Kier alpha value is -2.53. The Morgan fingerprint density at radius 3 is 2.34 bits per heavy atom. The van der Waals surface area contributed by atoms with Crippen molar-refractivity contribution in [3.63, 3.8) is 0 Å². The van der Waals surface area contributed by atoms with Crippen LogP contribution in [0.2, 0.25) is 0 Å². The van der Waals surface area contributed by atoms with E-state index >= 15 is 0 Å². The number of benzene rings is 1. The zero-order valence-electron chi connectivity index (χ0n) is 26.7. The maximum Gasteiger partial charge on any atom is 0.497 e. The molecule has 15 heteroatoms. The number of hydroxylamine groups is 2. The van der Waals surface area contributed by atoms with E-state index in [9.17, 15) is 22.8 Å². The normalized spacial score (nSPS) is 29.8. The van der Waals surface area contributed by atoms with Crippen molar-refractivity contribution in [1.82, 2.24) is 21.2 Å². The zero-order chi connectivity index (χ0) is 32.6. The maximum absolute atomic E-state index is 14.3. The van der Waals surface area contributed by atoms with E-state index in [4.69, 9.17) is 19.0 Å². The molecule has 0 bridgehead atoms. The number of carbonyl (C=O) groups excluding carboxylic acids is 2. The van der Waals surface area contributed by atoms with Crippen molar-refractivity contribution in [2.24, 2.45) is 11.8 Å². The lowest BCUT2D eigenvalue weighted by Crippen LogP contribution is -2.70. The molecule has 0 aliphatic carbocycles. The third-order valence-electron chi connectivity index (χ3n) is 8.62. The number of methoxy groups -OCH3 is 1. The lowest BCUT2D eigenvalue weighted by Gasteiger charge is -2.46. The number of hydrogen-bond donors (Lipinski definition) is 3. The highest BCUT2D eigenvalue weighted by Crippen LogP contribution is 2.42. The minimum atomic E-state index is -5.29. The van der Waals surface area contributed by atoms with Gasteiger partial charge in [0.2, 0.25) is 18.5 Å². The molecule has 3 fully saturated rings. The van der Waals surface area contributed by atoms with Crippen molar-refractivity contribution in [2.45, 2.75) is 71.8 Å². The molecule has 44 heavy (non-hydrogen) atoms. The fraction of sp³-hybridized carbons (Fsp3) is 0.724. The Kier molecular flexibility index (Phi) is 10.2. The van der Waals surface area contributed by atoms with Gasteiger partial charge < -0.3 is 19.1 Å². The number of quaternary nitrogens is 1. The number of carbonyl (C=O) groups is 2. The van der Waals surface area contributed by atoms with Crippen molar-refractivity contribution in [3.8, 4) is 5.75 Å². The smallest absolute Gasteiger partial charge is 0.494 e. The van der Waals surface area contributed by atoms with Gasteiger partial charge in [0, 0.05) is 42.7 Å². The van der Waals surface area contributed by atoms with Crippen LogP contribution in [0.4, 0.5) is 18.9 Å². The van der Waals surface area contributed by atoms with Crippen LogP contribution < -0.4 is 25.8 Å². The van der Waals surface area contributed by atoms with Gasteiger partial charge >= 0.3 is 12.1 Å². The number of hydrogen-bond acceptors (Lipinski definition) is 11. The second-order valence-electron chi connectivity index (χ2n) is 12.5. The maximum atomic E-state index is 14.3. The number of nitrogens with zero attached hydrogens (tertiary/aromatic N) is 3. The largest absolute Gasteiger partial charge is 0.497 e. The Bertz CT molecular complexity index is 1210. The zero-order valence-corrected chi connectivity index (χ0v) is 26.7. The van der Waals surface area contributed by atoms with Crippen LogP contribution in [0, 0.1) is 11.8 Å². The molecular weight excluding hydrogens is 585 g/mol. The Morgan fingerprint density at radius 1 is 1.14 bits per heavy atom. The molecule has 3 N–H and O–H groups in total. The highest BCUT2D eigenvalue weighted by atomic mass is 19.4. The number of rotatable bonds is 9. The third-order valence-corrected chi connectivity index (χ3v) is 8.62. The molecule has 0 radical (unpaired) electrons. The third kappa shape index (κ3) is 6.69. The summed E-state index contributed by atoms with van der Waals surface area (Å²) in [5.74, 6) is -2.91. The van der Waals surface area contributed by atoms with Gasteiger partial charge in [-0.1, -0.05) is 40.0 Å². The lowest BCUT2D eigenvalue weighted by atomic mass is 9.84. The predicted octanol–water partition coefficient (Wildman–Crippen LogP) is 2.65. The number of morpholine rings is 1. The van der Waals surface area contributed by atoms with Crippen molar-refractivity contribution >= 4 is 17.4 Å². The van der Waals surface area contributed by atoms with Crippen LogP contribution in [0.25, 0.3) is 0 Å². The van der Waals surface area contributed by atoms with Crippen molar-refractivity contribution < 1.29 is 46.6 Å². The summed E-state index contributed by atoms with van der Waals surface area (Å²) in [7, 11) is 3.18. The molecule has 6 atom stereocenters. The minimum Gasteiger partial charge on any atom is -0.494 e. The number of ether oxygens (including phenoxy) is 3. The molecule has 3 saturated heterocycles. The number of ketones is 1. The molecule has 1 aromatic rings. The van der Waals surface area contributed by atoms with Gasteiger partial charge in [0.05, 0.1) is 26.0 Å². The highest BCUT2D eigenvalue weighted by Gasteiger charge is 2.65. The SMILES string of the molecule is CCOC1NN2C(NC)N[N+](CC(=O)c3cc(N4CCOCC4)c(OC)c(C(C)(C)C)c3)(OC(=O)C(F)(F)F)C2C(C)C1C. The fourth-order valence-corrected chi connectivity index (χ4v) is 6.21. The number of fused-ring (bicyclic) bond motifs is 1. The number of Topliss-reactive ketones (excluding diaryl/α,β-unsaturated/α-hetero) is 1. The van der Waals surface area contributed by atoms with Crippen LogP contribution in [0.5, 0.6) is 5.75 Å². The van der Waals surface area contributed by atoms with Gasteiger partial charge in [-0.15, -0.1) is 5.01 Å². The van der Waals surface area contributed by atoms with Gasteiger partial charge in [0.25, 0.3) is 0 Å². The van der Waals surface area contributed by atoms with Crippen LogP contribution in [-0.2, 0) is 24.5 Å². The van der Waals surface area contributed by atoms with E-state index in [1.807, 2.05) is 41.5 Å². The van der Waals surface area contributed by atoms with Crippen LogP contribution in [0.3, 0.4) is 0 Å². The Morgan fingerprint density at radius 2 is 1.80 bits per heavy atom. The molecule has 6 unspecified atom stereocenters. The first-order valence-corrected chi connectivity index (χ1v) is 15.0. The summed E-state index contributed by atoms with van der Waals surface area (Å²) >= 11 is 0. The summed E-state index contributed by atoms with van der Waals surface area (Å²) < 4.78 is 57.2. The summed E-state index contributed by atoms with van der Waals surface area (Å²) in [4.78, 5) is 34.1. The molecule has 3 aliphatic rings. The van der Waals surface area contributed by atoms with Gasteiger partial charge in [0.15, 0.2) is 6.29 Å². The van der Waals surface area contributed by atoms with E-state index < -0.39 is 59.2 Å². The van der Waals surface area contributed by atoms with E-state index in [0.29, 0.717) is 44.3 Å². The number of hydrazine groups is 1. The second-order valence-corrected chi connectivity index (χ2v) is 12.5. The molecular formula is C29H46F3N6O6+. The molecule has 3 aliphatic heterocycles. The summed E-state index contributed by atoms with van der Waals surface area (Å²) in [5.41, 5.74) is 7.47. The number of nitrogens with one attached hydrogen (secondary N) is 3. The predicted molar refractivity (Wildman–Crippen MR) is 155 cm³/mol. The van der Waals surface area contributed by atoms with Gasteiger partial charge in [-0.3, -0.25) is 10.1 Å². The summed E-state index contributed by atoms with van der Waals surface area (Å²) in [5, 5.41) is 4.63. The first-order chi connectivity index (χ1) is 20.6. The monoisotopic (exact) mass is 631 g/mol. The van der Waals surface area contributed by atoms with E-state index in [2.05, 4.69) is 21.1 Å². The standard InChI is InChI=1S/C29H46F3N6O6/c1-9-43-24-17(2)18(3)25-37(34-24)27(33-7)35-38(25,44-26(40)29(30,31)32)16-22(39)19-14-20(28(4,5)6)23(41-8)21(15-19)36-10-12-42-13-11-36/h14-15,17-18,24-25,27,33-35H,9-13,16H2,1-8H3/q+1. The Balaban J connectivity index is 1.82. The van der Waals surface area contributed by atoms with Crippen LogP contribution in [0.15, 0.2) is 12.1 Å². The molecule has 3 heterocycles. The topological polar surface area (TPSA) is 114 Å². The summed E-state index contributed by atoms with van der Waals surface area (Å²) in [6.07, 6.45) is -7.47. The van der Waals surface area contributed by atoms with Crippen LogP contribution >= 0.6 is 0 Å².